The predicted octanol–water partition coefficient (Wildman–Crippen LogP) is -0.332. The van der Waals surface area contributed by atoms with Gasteiger partial charge in [0.25, 0.3) is 10.0 Å². The fraction of sp³-hybridized carbons (Fsp3) is 0.700. The number of rotatable bonds is 4. The summed E-state index contributed by atoms with van der Waals surface area (Å²) in [5, 5.41) is 6.39. The highest BCUT2D eigenvalue weighted by atomic mass is 32.2. The average Bonchev–Trinajstić information content (AvgIpc) is 2.88. The molecule has 1 saturated heterocycles. The van der Waals surface area contributed by atoms with Crippen LogP contribution in [-0.4, -0.2) is 49.2 Å². The van der Waals surface area contributed by atoms with Gasteiger partial charge in [-0.2, -0.15) is 9.40 Å². The fourth-order valence-corrected chi connectivity index (χ4v) is 3.69. The summed E-state index contributed by atoms with van der Waals surface area (Å²) in [4.78, 5) is 0. The summed E-state index contributed by atoms with van der Waals surface area (Å²) >= 11 is 0. The van der Waals surface area contributed by atoms with Crippen molar-refractivity contribution in [3.63, 3.8) is 0 Å². The second-order valence-electron chi connectivity index (χ2n) is 4.27. The molecule has 0 saturated carbocycles. The smallest absolute Gasteiger partial charge is 0.260 e. The number of aromatic amines is 1. The molecule has 1 fully saturated rings. The molecular formula is C10H18N4O3S. The summed E-state index contributed by atoms with van der Waals surface area (Å²) in [5.74, 6) is 0. The van der Waals surface area contributed by atoms with Crippen molar-refractivity contribution in [3.8, 4) is 0 Å². The van der Waals surface area contributed by atoms with Crippen molar-refractivity contribution < 1.29 is 13.2 Å². The molecule has 1 aromatic rings. The molecule has 0 radical (unpaired) electrons. The minimum absolute atomic E-state index is 0.112. The third-order valence-corrected chi connectivity index (χ3v) is 5.14. The van der Waals surface area contributed by atoms with E-state index in [9.17, 15) is 8.42 Å². The predicted molar refractivity (Wildman–Crippen MR) is 65.3 cm³/mol. The highest BCUT2D eigenvalue weighted by Crippen LogP contribution is 2.22. The molecule has 7 nitrogen and oxygen atoms in total. The zero-order chi connectivity index (χ0) is 13.2. The Hall–Kier alpha value is -0.960. The molecule has 2 rings (SSSR count). The van der Waals surface area contributed by atoms with Crippen LogP contribution in [0.1, 0.15) is 18.4 Å². The van der Waals surface area contributed by atoms with Crippen molar-refractivity contribution in [1.82, 2.24) is 14.5 Å². The van der Waals surface area contributed by atoms with Gasteiger partial charge in [-0.1, -0.05) is 0 Å². The molecule has 0 atom stereocenters. The van der Waals surface area contributed by atoms with Crippen LogP contribution in [0.5, 0.6) is 0 Å². The summed E-state index contributed by atoms with van der Waals surface area (Å²) in [6, 6.07) is 0. The highest BCUT2D eigenvalue weighted by Gasteiger charge is 2.31. The van der Waals surface area contributed by atoms with Crippen molar-refractivity contribution in [2.75, 3.05) is 20.2 Å². The van der Waals surface area contributed by atoms with Gasteiger partial charge in [0.1, 0.15) is 0 Å². The third kappa shape index (κ3) is 2.41. The van der Waals surface area contributed by atoms with E-state index >= 15 is 0 Å². The zero-order valence-corrected chi connectivity index (χ0v) is 11.1. The van der Waals surface area contributed by atoms with Crippen molar-refractivity contribution in [2.45, 2.75) is 30.5 Å². The number of nitrogens with one attached hydrogen (secondary N) is 1. The van der Waals surface area contributed by atoms with E-state index in [0.717, 1.165) is 0 Å². The Kier molecular flexibility index (Phi) is 4.00. The topological polar surface area (TPSA) is 101 Å². The van der Waals surface area contributed by atoms with Gasteiger partial charge in [0.15, 0.2) is 5.03 Å². The molecule has 3 N–H and O–H groups in total. The Balaban J connectivity index is 2.17. The van der Waals surface area contributed by atoms with Gasteiger partial charge in [0, 0.05) is 32.3 Å². The summed E-state index contributed by atoms with van der Waals surface area (Å²) in [7, 11) is -1.86. The number of methoxy groups -OCH3 is 1. The van der Waals surface area contributed by atoms with Crippen molar-refractivity contribution >= 4 is 10.0 Å². The number of ether oxygens (including phenoxy) is 1. The van der Waals surface area contributed by atoms with Crippen LogP contribution in [0.15, 0.2) is 11.2 Å². The highest BCUT2D eigenvalue weighted by molar-refractivity contribution is 7.89. The van der Waals surface area contributed by atoms with E-state index in [2.05, 4.69) is 10.2 Å². The van der Waals surface area contributed by atoms with E-state index < -0.39 is 10.0 Å². The Morgan fingerprint density at radius 2 is 2.22 bits per heavy atom. The molecule has 0 spiro atoms. The summed E-state index contributed by atoms with van der Waals surface area (Å²) < 4.78 is 31.4. The molecule has 1 aromatic heterocycles. The van der Waals surface area contributed by atoms with Crippen LogP contribution in [0.25, 0.3) is 0 Å². The quantitative estimate of drug-likeness (QED) is 0.782. The molecule has 1 aliphatic rings. The number of piperidine rings is 1. The molecule has 102 valence electrons. The molecule has 1 aliphatic heterocycles. The standard InChI is InChI=1S/C10H18N4O3S/c1-17-9-2-4-14(5-3-9)18(15,16)10-8(6-11)7-12-13-10/h7,9H,2-6,11H2,1H3,(H,12,13). The number of hydrogen-bond donors (Lipinski definition) is 2. The molecule has 8 heteroatoms. The Morgan fingerprint density at radius 1 is 1.56 bits per heavy atom. The van der Waals surface area contributed by atoms with E-state index in [-0.39, 0.29) is 17.7 Å². The second-order valence-corrected chi connectivity index (χ2v) is 6.14. The number of nitrogens with zero attached hydrogens (tertiary/aromatic N) is 2. The first-order chi connectivity index (χ1) is 8.59. The van der Waals surface area contributed by atoms with Gasteiger partial charge in [-0.25, -0.2) is 8.42 Å². The van der Waals surface area contributed by atoms with Crippen LogP contribution < -0.4 is 5.73 Å². The summed E-state index contributed by atoms with van der Waals surface area (Å²) in [6.07, 6.45) is 3.02. The lowest BCUT2D eigenvalue weighted by atomic mass is 10.1. The monoisotopic (exact) mass is 274 g/mol. The Morgan fingerprint density at radius 3 is 2.78 bits per heavy atom. The average molecular weight is 274 g/mol. The minimum atomic E-state index is -3.51. The minimum Gasteiger partial charge on any atom is -0.381 e. The van der Waals surface area contributed by atoms with Gasteiger partial charge in [-0.3, -0.25) is 5.10 Å². The van der Waals surface area contributed by atoms with E-state index in [4.69, 9.17) is 10.5 Å². The summed E-state index contributed by atoms with van der Waals surface area (Å²) in [6.45, 7) is 1.08. The SMILES string of the molecule is COC1CCN(S(=O)(=O)c2[nH]ncc2CN)CC1. The first kappa shape index (κ1) is 13.5. The first-order valence-electron chi connectivity index (χ1n) is 5.85. The molecule has 0 unspecified atom stereocenters. The maximum Gasteiger partial charge on any atom is 0.260 e. The summed E-state index contributed by atoms with van der Waals surface area (Å²) in [5.41, 5.74) is 6.02. The maximum atomic E-state index is 12.4. The van der Waals surface area contributed by atoms with E-state index in [1.54, 1.807) is 7.11 Å². The van der Waals surface area contributed by atoms with Gasteiger partial charge in [0.2, 0.25) is 0 Å². The number of nitrogens with two attached hydrogens (primary N) is 1. The molecular weight excluding hydrogens is 256 g/mol. The first-order valence-corrected chi connectivity index (χ1v) is 7.29. The van der Waals surface area contributed by atoms with Crippen molar-refractivity contribution in [1.29, 1.82) is 0 Å². The fourth-order valence-electron chi connectivity index (χ4n) is 2.11. The lowest BCUT2D eigenvalue weighted by Gasteiger charge is -2.30. The van der Waals surface area contributed by atoms with Crippen molar-refractivity contribution in [2.24, 2.45) is 5.73 Å². The lowest BCUT2D eigenvalue weighted by Crippen LogP contribution is -2.41. The largest absolute Gasteiger partial charge is 0.381 e. The van der Waals surface area contributed by atoms with Crippen LogP contribution in [0.2, 0.25) is 0 Å². The Labute approximate surface area is 106 Å². The van der Waals surface area contributed by atoms with Crippen LogP contribution in [0.4, 0.5) is 0 Å². The van der Waals surface area contributed by atoms with Gasteiger partial charge in [0.05, 0.1) is 12.3 Å². The second kappa shape index (κ2) is 5.35. The van der Waals surface area contributed by atoms with Crippen LogP contribution in [0.3, 0.4) is 0 Å². The molecule has 0 aromatic carbocycles. The number of hydrogen-bond acceptors (Lipinski definition) is 5. The Bertz CT molecular complexity index is 491. The van der Waals surface area contributed by atoms with Crippen LogP contribution >= 0.6 is 0 Å². The van der Waals surface area contributed by atoms with Crippen molar-refractivity contribution in [3.05, 3.63) is 11.8 Å². The molecule has 0 amide bonds. The zero-order valence-electron chi connectivity index (χ0n) is 10.3. The lowest BCUT2D eigenvalue weighted by molar-refractivity contribution is 0.0604. The van der Waals surface area contributed by atoms with Crippen LogP contribution in [-0.2, 0) is 21.3 Å². The molecule has 18 heavy (non-hydrogen) atoms. The molecule has 0 bridgehead atoms. The van der Waals surface area contributed by atoms with Gasteiger partial charge in [-0.15, -0.1) is 0 Å². The van der Waals surface area contributed by atoms with Crippen LogP contribution in [0, 0.1) is 0 Å². The van der Waals surface area contributed by atoms with E-state index in [1.807, 2.05) is 0 Å². The van der Waals surface area contributed by atoms with E-state index in [0.29, 0.717) is 31.5 Å². The number of H-pyrrole nitrogens is 1. The van der Waals surface area contributed by atoms with E-state index in [1.165, 1.54) is 10.5 Å². The van der Waals surface area contributed by atoms with Gasteiger partial charge < -0.3 is 10.5 Å². The van der Waals surface area contributed by atoms with Gasteiger partial charge in [-0.05, 0) is 12.8 Å². The number of aromatic nitrogens is 2. The third-order valence-electron chi connectivity index (χ3n) is 3.23. The normalized spacial score (nSPS) is 19.2. The maximum absolute atomic E-state index is 12.4. The molecule has 0 aliphatic carbocycles. The molecule has 2 heterocycles. The van der Waals surface area contributed by atoms with Gasteiger partial charge >= 0.3 is 0 Å². The number of sulfonamides is 1.